The van der Waals surface area contributed by atoms with Crippen LogP contribution in [0.4, 0.5) is 0 Å². The molecule has 4 rings (SSSR count). The molecule has 0 radical (unpaired) electrons. The van der Waals surface area contributed by atoms with Gasteiger partial charge in [0.2, 0.25) is 0 Å². The van der Waals surface area contributed by atoms with Crippen LogP contribution in [0.25, 0.3) is 10.9 Å². The summed E-state index contributed by atoms with van der Waals surface area (Å²) in [5, 5.41) is 11.4. The Morgan fingerprint density at radius 1 is 1.24 bits per heavy atom. The van der Waals surface area contributed by atoms with Gasteiger partial charge in [-0.3, -0.25) is 14.9 Å². The smallest absolute Gasteiger partial charge is 0.251 e. The number of fused-ring (bicyclic) bond motifs is 1. The molecule has 0 bridgehead atoms. The highest BCUT2D eigenvalue weighted by Crippen LogP contribution is 2.35. The number of aromatic amines is 1. The van der Waals surface area contributed by atoms with Crippen molar-refractivity contribution >= 4 is 39.4 Å². The monoisotopic (exact) mass is 446 g/mol. The van der Waals surface area contributed by atoms with Crippen LogP contribution in [0, 0.1) is 9.62 Å². The van der Waals surface area contributed by atoms with Gasteiger partial charge in [0.25, 0.3) is 5.91 Å². The third-order valence-corrected chi connectivity index (χ3v) is 5.77. The number of carbonyl (C=O) groups excluding carboxylic acids is 1. The van der Waals surface area contributed by atoms with E-state index in [-0.39, 0.29) is 11.9 Å². The molecule has 2 aromatic heterocycles. The Morgan fingerprint density at radius 2 is 2.08 bits per heavy atom. The molecule has 1 amide bonds. The lowest BCUT2D eigenvalue weighted by molar-refractivity contribution is 0.0920. The molecule has 2 heterocycles. The zero-order valence-corrected chi connectivity index (χ0v) is 15.9. The van der Waals surface area contributed by atoms with Gasteiger partial charge in [0.1, 0.15) is 3.70 Å². The van der Waals surface area contributed by atoms with Crippen LogP contribution in [0.15, 0.2) is 42.6 Å². The number of halogens is 1. The molecule has 0 saturated heterocycles. The van der Waals surface area contributed by atoms with Crippen molar-refractivity contribution in [3.05, 3.63) is 57.6 Å². The number of aromatic nitrogens is 3. The van der Waals surface area contributed by atoms with Gasteiger partial charge in [0, 0.05) is 17.1 Å². The molecule has 1 saturated carbocycles. The largest absolute Gasteiger partial charge is 0.343 e. The number of H-pyrrole nitrogens is 1. The maximum Gasteiger partial charge on any atom is 0.251 e. The fraction of sp³-hybridized carbons (Fsp3) is 0.316. The Morgan fingerprint density at radius 3 is 2.84 bits per heavy atom. The quantitative estimate of drug-likeness (QED) is 0.590. The lowest BCUT2D eigenvalue weighted by Crippen LogP contribution is -2.33. The van der Waals surface area contributed by atoms with Crippen molar-refractivity contribution in [2.75, 3.05) is 0 Å². The lowest BCUT2D eigenvalue weighted by atomic mass is 9.94. The van der Waals surface area contributed by atoms with Gasteiger partial charge < -0.3 is 5.32 Å². The van der Waals surface area contributed by atoms with Crippen molar-refractivity contribution in [3.8, 4) is 0 Å². The van der Waals surface area contributed by atoms with Crippen molar-refractivity contribution < 1.29 is 4.79 Å². The number of amides is 1. The van der Waals surface area contributed by atoms with Crippen LogP contribution in [0.3, 0.4) is 0 Å². The maximum atomic E-state index is 12.9. The van der Waals surface area contributed by atoms with E-state index in [0.717, 1.165) is 33.1 Å². The molecule has 1 aliphatic rings. The zero-order chi connectivity index (χ0) is 17.2. The molecule has 0 aliphatic heterocycles. The van der Waals surface area contributed by atoms with Gasteiger partial charge in [-0.05, 0) is 71.7 Å². The standard InChI is InChI=1S/C19H19IN4O/c20-18-14-11-13(8-9-15(14)23-24-18)19(25)22-17(12-5-1-2-6-12)16-7-3-4-10-21-16/h3-4,7-12,17H,1-2,5-6H2,(H,22,25)(H,23,24). The fourth-order valence-corrected chi connectivity index (χ4v) is 4.20. The Labute approximate surface area is 159 Å². The molecule has 1 unspecified atom stereocenters. The van der Waals surface area contributed by atoms with E-state index >= 15 is 0 Å². The van der Waals surface area contributed by atoms with E-state index in [1.165, 1.54) is 12.8 Å². The van der Waals surface area contributed by atoms with Crippen LogP contribution in [0.1, 0.15) is 47.8 Å². The summed E-state index contributed by atoms with van der Waals surface area (Å²) in [4.78, 5) is 17.4. The van der Waals surface area contributed by atoms with E-state index in [1.54, 1.807) is 6.20 Å². The first-order valence-corrected chi connectivity index (χ1v) is 9.65. The number of nitrogens with one attached hydrogen (secondary N) is 2. The second-order valence-corrected chi connectivity index (χ2v) is 7.55. The zero-order valence-electron chi connectivity index (χ0n) is 13.7. The molecule has 1 aliphatic carbocycles. The number of hydrogen-bond acceptors (Lipinski definition) is 3. The summed E-state index contributed by atoms with van der Waals surface area (Å²) >= 11 is 2.17. The average molecular weight is 446 g/mol. The van der Waals surface area contributed by atoms with Crippen molar-refractivity contribution in [1.29, 1.82) is 0 Å². The minimum absolute atomic E-state index is 0.0321. The second-order valence-electron chi connectivity index (χ2n) is 6.53. The maximum absolute atomic E-state index is 12.9. The molecule has 5 nitrogen and oxygen atoms in total. The SMILES string of the molecule is O=C(NC(c1ccccn1)C1CCCC1)c1ccc2[nH]nc(I)c2c1. The predicted molar refractivity (Wildman–Crippen MR) is 105 cm³/mol. The molecule has 25 heavy (non-hydrogen) atoms. The van der Waals surface area contributed by atoms with Gasteiger partial charge in [-0.1, -0.05) is 18.9 Å². The lowest BCUT2D eigenvalue weighted by Gasteiger charge is -2.24. The summed E-state index contributed by atoms with van der Waals surface area (Å²) < 4.78 is 0.874. The van der Waals surface area contributed by atoms with E-state index in [4.69, 9.17) is 0 Å². The Kier molecular flexibility index (Phi) is 4.70. The number of rotatable bonds is 4. The van der Waals surface area contributed by atoms with Crippen LogP contribution in [-0.2, 0) is 0 Å². The van der Waals surface area contributed by atoms with E-state index < -0.39 is 0 Å². The van der Waals surface area contributed by atoms with Gasteiger partial charge in [-0.25, -0.2) is 0 Å². The summed E-state index contributed by atoms with van der Waals surface area (Å²) in [6.07, 6.45) is 6.52. The van der Waals surface area contributed by atoms with Gasteiger partial charge in [0.05, 0.1) is 17.3 Å². The van der Waals surface area contributed by atoms with Crippen LogP contribution >= 0.6 is 22.6 Å². The first-order chi connectivity index (χ1) is 12.2. The summed E-state index contributed by atoms with van der Waals surface area (Å²) in [5.41, 5.74) is 2.55. The number of benzene rings is 1. The summed E-state index contributed by atoms with van der Waals surface area (Å²) in [6.45, 7) is 0. The van der Waals surface area contributed by atoms with Crippen LogP contribution < -0.4 is 5.32 Å². The Balaban J connectivity index is 1.61. The summed E-state index contributed by atoms with van der Waals surface area (Å²) in [5.74, 6) is 0.401. The number of pyridine rings is 1. The fourth-order valence-electron chi connectivity index (χ4n) is 3.63. The minimum Gasteiger partial charge on any atom is -0.343 e. The van der Waals surface area contributed by atoms with Crippen molar-refractivity contribution in [2.45, 2.75) is 31.7 Å². The Bertz CT molecular complexity index is 887. The number of carbonyl (C=O) groups is 1. The molecule has 2 N–H and O–H groups in total. The van der Waals surface area contributed by atoms with E-state index in [1.807, 2.05) is 36.4 Å². The molecule has 0 spiro atoms. The minimum atomic E-state index is -0.0542. The third-order valence-electron chi connectivity index (χ3n) is 4.94. The topological polar surface area (TPSA) is 70.7 Å². The number of hydrogen-bond donors (Lipinski definition) is 2. The van der Waals surface area contributed by atoms with Crippen molar-refractivity contribution in [3.63, 3.8) is 0 Å². The number of nitrogens with zero attached hydrogens (tertiary/aromatic N) is 2. The molecule has 3 aromatic rings. The molecular weight excluding hydrogens is 427 g/mol. The van der Waals surface area contributed by atoms with E-state index in [9.17, 15) is 4.79 Å². The van der Waals surface area contributed by atoms with E-state index in [2.05, 4.69) is 43.1 Å². The normalized spacial score (nSPS) is 16.2. The van der Waals surface area contributed by atoms with Crippen molar-refractivity contribution in [2.24, 2.45) is 5.92 Å². The highest BCUT2D eigenvalue weighted by molar-refractivity contribution is 14.1. The first kappa shape index (κ1) is 16.5. The molecule has 128 valence electrons. The van der Waals surface area contributed by atoms with E-state index in [0.29, 0.717) is 11.5 Å². The van der Waals surface area contributed by atoms with Crippen LogP contribution in [-0.4, -0.2) is 21.1 Å². The molecular formula is C19H19IN4O. The molecule has 1 aromatic carbocycles. The third kappa shape index (κ3) is 3.40. The second kappa shape index (κ2) is 7.11. The molecule has 6 heteroatoms. The van der Waals surface area contributed by atoms with Gasteiger partial charge in [-0.2, -0.15) is 5.10 Å². The first-order valence-electron chi connectivity index (χ1n) is 8.58. The molecule has 1 fully saturated rings. The highest BCUT2D eigenvalue weighted by atomic mass is 127. The van der Waals surface area contributed by atoms with Crippen LogP contribution in [0.5, 0.6) is 0 Å². The summed E-state index contributed by atoms with van der Waals surface area (Å²) in [7, 11) is 0. The molecule has 1 atom stereocenters. The van der Waals surface area contributed by atoms with Crippen LogP contribution in [0.2, 0.25) is 0 Å². The predicted octanol–water partition coefficient (Wildman–Crippen LogP) is 4.22. The van der Waals surface area contributed by atoms with Gasteiger partial charge >= 0.3 is 0 Å². The average Bonchev–Trinajstić information content (AvgIpc) is 3.30. The highest BCUT2D eigenvalue weighted by Gasteiger charge is 2.29. The Hall–Kier alpha value is -1.96. The summed E-state index contributed by atoms with van der Waals surface area (Å²) in [6, 6.07) is 11.5. The van der Waals surface area contributed by atoms with Gasteiger partial charge in [0.15, 0.2) is 0 Å². The van der Waals surface area contributed by atoms with Gasteiger partial charge in [-0.15, -0.1) is 0 Å². The van der Waals surface area contributed by atoms with Crippen molar-refractivity contribution in [1.82, 2.24) is 20.5 Å².